The second-order valence-electron chi connectivity index (χ2n) is 8.67. The van der Waals surface area contributed by atoms with E-state index >= 15 is 0 Å². The molecule has 152 valence electrons. The van der Waals surface area contributed by atoms with E-state index in [9.17, 15) is 9.18 Å². The minimum atomic E-state index is -0.531. The summed E-state index contributed by atoms with van der Waals surface area (Å²) in [4.78, 5) is 22.9. The number of amides is 1. The predicted molar refractivity (Wildman–Crippen MR) is 108 cm³/mol. The van der Waals surface area contributed by atoms with Crippen molar-refractivity contribution in [2.45, 2.75) is 25.4 Å². The molecule has 5 unspecified atom stereocenters. The van der Waals surface area contributed by atoms with Crippen LogP contribution in [-0.4, -0.2) is 40.4 Å². The molecular formula is C21H25FN6O. The zero-order valence-electron chi connectivity index (χ0n) is 16.3. The number of hydrogen-bond donors (Lipinski definition) is 3. The number of carbonyl (C=O) groups is 1. The molecule has 2 aliphatic carbocycles. The maximum atomic E-state index is 14.5. The summed E-state index contributed by atoms with van der Waals surface area (Å²) >= 11 is 0. The Kier molecular flexibility index (Phi) is 4.38. The van der Waals surface area contributed by atoms with Gasteiger partial charge in [-0.2, -0.15) is 4.98 Å². The van der Waals surface area contributed by atoms with E-state index in [0.29, 0.717) is 11.9 Å². The van der Waals surface area contributed by atoms with Crippen LogP contribution in [0.25, 0.3) is 0 Å². The van der Waals surface area contributed by atoms with Crippen molar-refractivity contribution < 1.29 is 9.18 Å². The summed E-state index contributed by atoms with van der Waals surface area (Å²) in [6, 6.07) is 7.88. The van der Waals surface area contributed by atoms with Gasteiger partial charge in [-0.1, -0.05) is 12.1 Å². The van der Waals surface area contributed by atoms with E-state index in [4.69, 9.17) is 5.73 Å². The molecule has 2 saturated carbocycles. The number of rotatable bonds is 1. The van der Waals surface area contributed by atoms with Crippen LogP contribution in [0.15, 0.2) is 30.5 Å². The number of anilines is 3. The molecular weight excluding hydrogens is 371 g/mol. The number of carbonyl (C=O) groups excluding carboxylic acids is 1. The molecule has 1 aromatic carbocycles. The molecule has 4 N–H and O–H groups in total. The molecule has 2 fully saturated rings. The fraction of sp³-hybridized carbons (Fsp3) is 0.476. The molecule has 0 radical (unpaired) electrons. The first-order chi connectivity index (χ1) is 14.0. The average molecular weight is 396 g/mol. The summed E-state index contributed by atoms with van der Waals surface area (Å²) in [5, 5.41) is 6.38. The van der Waals surface area contributed by atoms with Crippen molar-refractivity contribution >= 4 is 23.4 Å². The van der Waals surface area contributed by atoms with Crippen LogP contribution in [0.1, 0.15) is 18.4 Å². The lowest BCUT2D eigenvalue weighted by molar-refractivity contribution is -0.123. The van der Waals surface area contributed by atoms with Gasteiger partial charge in [0.15, 0.2) is 11.6 Å². The second-order valence-corrected chi connectivity index (χ2v) is 8.67. The Morgan fingerprint density at radius 2 is 2.17 bits per heavy atom. The van der Waals surface area contributed by atoms with Crippen LogP contribution < -0.4 is 16.4 Å². The number of nitrogens with one attached hydrogen (secondary N) is 2. The molecule has 6 bridgehead atoms. The molecule has 5 rings (SSSR count). The first kappa shape index (κ1) is 18.3. The van der Waals surface area contributed by atoms with Gasteiger partial charge in [-0.05, 0) is 55.3 Å². The van der Waals surface area contributed by atoms with Gasteiger partial charge in [0.1, 0.15) is 0 Å². The van der Waals surface area contributed by atoms with Gasteiger partial charge in [0.2, 0.25) is 11.9 Å². The largest absolute Gasteiger partial charge is 0.369 e. The monoisotopic (exact) mass is 396 g/mol. The normalized spacial score (nSPS) is 30.9. The number of nitrogens with zero attached hydrogens (tertiary/aromatic N) is 3. The van der Waals surface area contributed by atoms with Gasteiger partial charge < -0.3 is 21.3 Å². The lowest BCUT2D eigenvalue weighted by Gasteiger charge is -2.37. The predicted octanol–water partition coefficient (Wildman–Crippen LogP) is 2.34. The summed E-state index contributed by atoms with van der Waals surface area (Å²) < 4.78 is 14.5. The molecule has 5 atom stereocenters. The maximum absolute atomic E-state index is 14.5. The minimum Gasteiger partial charge on any atom is -0.369 e. The lowest BCUT2D eigenvalue weighted by Crippen LogP contribution is -2.47. The number of fused-ring (bicyclic) bond motifs is 5. The molecule has 8 heteroatoms. The first-order valence-corrected chi connectivity index (χ1v) is 10.1. The van der Waals surface area contributed by atoms with E-state index in [1.165, 1.54) is 5.56 Å². The second kappa shape index (κ2) is 6.95. The highest BCUT2D eigenvalue weighted by molar-refractivity contribution is 5.79. The van der Waals surface area contributed by atoms with Crippen molar-refractivity contribution in [2.24, 2.45) is 29.4 Å². The third kappa shape index (κ3) is 3.31. The summed E-state index contributed by atoms with van der Waals surface area (Å²) in [7, 11) is 2.12. The molecule has 1 aliphatic heterocycles. The Balaban J connectivity index is 1.56. The highest BCUT2D eigenvalue weighted by atomic mass is 19.1. The summed E-state index contributed by atoms with van der Waals surface area (Å²) in [6.07, 6.45) is 3.09. The molecule has 1 amide bonds. The van der Waals surface area contributed by atoms with Gasteiger partial charge in [-0.25, -0.2) is 9.37 Å². The molecule has 0 spiro atoms. The third-order valence-corrected chi connectivity index (χ3v) is 6.70. The minimum absolute atomic E-state index is 0.117. The highest BCUT2D eigenvalue weighted by Crippen LogP contribution is 2.53. The average Bonchev–Trinajstić information content (AvgIpc) is 3.21. The zero-order valence-corrected chi connectivity index (χ0v) is 16.3. The van der Waals surface area contributed by atoms with Gasteiger partial charge in [0.05, 0.1) is 12.1 Å². The van der Waals surface area contributed by atoms with Gasteiger partial charge in [-0.15, -0.1) is 0 Å². The van der Waals surface area contributed by atoms with Gasteiger partial charge in [0, 0.05) is 24.8 Å². The van der Waals surface area contributed by atoms with Crippen molar-refractivity contribution in [1.82, 2.24) is 14.9 Å². The lowest BCUT2D eigenvalue weighted by atomic mass is 9.77. The van der Waals surface area contributed by atoms with E-state index in [1.54, 1.807) is 0 Å². The Morgan fingerprint density at radius 3 is 3.00 bits per heavy atom. The number of benzene rings is 1. The van der Waals surface area contributed by atoms with Gasteiger partial charge in [0.25, 0.3) is 0 Å². The molecule has 29 heavy (non-hydrogen) atoms. The number of primary amides is 1. The SMILES string of the molecule is CN1Cc2cccc(c2)Nc2ncc(F)c(n2)NC2C3CC(CC3C1)C2C(N)=O. The number of hydrogen-bond acceptors (Lipinski definition) is 6. The number of aromatic nitrogens is 2. The van der Waals surface area contributed by atoms with Crippen molar-refractivity contribution in [2.75, 3.05) is 24.2 Å². The maximum Gasteiger partial charge on any atom is 0.229 e. The smallest absolute Gasteiger partial charge is 0.229 e. The topological polar surface area (TPSA) is 96.2 Å². The van der Waals surface area contributed by atoms with Gasteiger partial charge >= 0.3 is 0 Å². The summed E-state index contributed by atoms with van der Waals surface area (Å²) in [6.45, 7) is 1.76. The first-order valence-electron chi connectivity index (χ1n) is 10.1. The Bertz CT molecular complexity index is 953. The van der Waals surface area contributed by atoms with Crippen molar-refractivity contribution in [3.05, 3.63) is 41.8 Å². The van der Waals surface area contributed by atoms with E-state index in [0.717, 1.165) is 37.8 Å². The molecule has 0 saturated heterocycles. The van der Waals surface area contributed by atoms with E-state index in [2.05, 4.69) is 44.7 Å². The Morgan fingerprint density at radius 1 is 1.31 bits per heavy atom. The van der Waals surface area contributed by atoms with Crippen LogP contribution in [0.4, 0.5) is 21.8 Å². The van der Waals surface area contributed by atoms with Crippen LogP contribution in [0, 0.1) is 29.5 Å². The Labute approximate surface area is 168 Å². The van der Waals surface area contributed by atoms with E-state index in [1.807, 2.05) is 12.1 Å². The highest BCUT2D eigenvalue weighted by Gasteiger charge is 2.55. The summed E-state index contributed by atoms with van der Waals surface area (Å²) in [5.41, 5.74) is 7.77. The van der Waals surface area contributed by atoms with E-state index < -0.39 is 5.82 Å². The molecule has 3 aliphatic rings. The molecule has 7 nitrogen and oxygen atoms in total. The van der Waals surface area contributed by atoms with Crippen molar-refractivity contribution in [3.63, 3.8) is 0 Å². The number of nitrogens with two attached hydrogens (primary N) is 1. The van der Waals surface area contributed by atoms with E-state index in [-0.39, 0.29) is 35.5 Å². The third-order valence-electron chi connectivity index (χ3n) is 6.70. The Hall–Kier alpha value is -2.74. The van der Waals surface area contributed by atoms with Crippen LogP contribution in [0.2, 0.25) is 0 Å². The van der Waals surface area contributed by atoms with Crippen LogP contribution in [-0.2, 0) is 11.3 Å². The quantitative estimate of drug-likeness (QED) is 0.685. The number of halogens is 1. The van der Waals surface area contributed by atoms with Crippen LogP contribution in [0.5, 0.6) is 0 Å². The van der Waals surface area contributed by atoms with Crippen LogP contribution in [0.3, 0.4) is 0 Å². The van der Waals surface area contributed by atoms with Crippen LogP contribution >= 0.6 is 0 Å². The van der Waals surface area contributed by atoms with Crippen molar-refractivity contribution in [3.8, 4) is 0 Å². The van der Waals surface area contributed by atoms with Gasteiger partial charge in [-0.3, -0.25) is 4.79 Å². The molecule has 2 heterocycles. The summed E-state index contributed by atoms with van der Waals surface area (Å²) in [5.74, 6) is 0.229. The molecule has 1 aromatic heterocycles. The fourth-order valence-corrected chi connectivity index (χ4v) is 5.65. The standard InChI is InChI=1S/C21H25FN6O/c1-28-9-11-3-2-4-14(5-11)25-21-24-8-16(22)20(27-21)26-18-15-7-12(6-13(15)10-28)17(18)19(23)29/h2-5,8,12-13,15,17-18H,6-7,9-10H2,1H3,(H2,23,29)(H2,24,25,26,27). The zero-order chi connectivity index (χ0) is 20.1. The molecule has 2 aromatic rings. The fourth-order valence-electron chi connectivity index (χ4n) is 5.65. The van der Waals surface area contributed by atoms with Crippen molar-refractivity contribution in [1.29, 1.82) is 0 Å².